The number of fused-ring (bicyclic) bond motifs is 7. The highest BCUT2D eigenvalue weighted by Gasteiger charge is 2.76. The Balaban J connectivity index is 1.11. The van der Waals surface area contributed by atoms with Gasteiger partial charge in [-0.2, -0.15) is 0 Å². The Kier molecular flexibility index (Phi) is 16.0. The smallest absolute Gasteiger partial charge is 0.335 e. The Morgan fingerprint density at radius 3 is 1.84 bits per heavy atom. The first kappa shape index (κ1) is 57.9. The molecule has 0 aromatic carbocycles. The fraction of sp³-hybridized carbons (Fsp3) is 0.885. The molecule has 0 bridgehead atoms. The fourth-order valence-corrected chi connectivity index (χ4v) is 15.8. The number of hydrogen-bond donors (Lipinski definition) is 13. The molecule has 3 aliphatic heterocycles. The predicted octanol–water partition coefficient (Wildman–Crippen LogP) is -1.25. The molecule has 5 aliphatic carbocycles. The zero-order chi connectivity index (χ0) is 54.7. The Morgan fingerprint density at radius 1 is 0.689 bits per heavy atom. The molecule has 0 unspecified atom stereocenters. The van der Waals surface area contributed by atoms with E-state index in [-0.39, 0.29) is 11.8 Å². The molecule has 3 heterocycles. The van der Waals surface area contributed by atoms with Crippen LogP contribution in [-0.4, -0.2) is 215 Å². The number of rotatable bonds is 12. The number of carboxylic acid groups (broad SMARTS) is 1. The standard InChI is InChI=1S/C52H82O22/c1-10-21(2)43(67)74-41-40(64)52(20-55)23(17-47(41,3)4)22-11-12-27-49(7)15-14-28(48(5,6)26(49)13-16-50(27,8)51(22,9)38(62)39(52)63)70-46-37(73-45-33(60)31(58)29(56)24(18-53)68-45)35(34(61)36(72-46)42(65)66)71-44-32(59)30(57)25(19-54)69-44/h10-11,23-41,44-46,53-64H,12-20H2,1-9H3,(H,65,66)/b21-10-/t23-,24+,25-,26-,27+,28-,29+,30-,31-,32+,33+,34-,35-,36-,37+,38-,39+,40-,41-,44-,45-,46+,49-,50+,51-,52-/m0/s1. The summed E-state index contributed by atoms with van der Waals surface area (Å²) in [5.74, 6) is -3.12. The van der Waals surface area contributed by atoms with Crippen LogP contribution in [0.25, 0.3) is 0 Å². The maximum absolute atomic E-state index is 13.2. The maximum Gasteiger partial charge on any atom is 0.335 e. The van der Waals surface area contributed by atoms with Crippen LogP contribution in [0.3, 0.4) is 0 Å². The molecule has 0 amide bonds. The van der Waals surface area contributed by atoms with Gasteiger partial charge in [-0.3, -0.25) is 0 Å². The highest BCUT2D eigenvalue weighted by atomic mass is 16.8. The molecular weight excluding hydrogens is 977 g/mol. The van der Waals surface area contributed by atoms with E-state index in [2.05, 4.69) is 19.9 Å². The summed E-state index contributed by atoms with van der Waals surface area (Å²) in [5, 5.41) is 145. The van der Waals surface area contributed by atoms with Crippen molar-refractivity contribution in [1.29, 1.82) is 0 Å². The van der Waals surface area contributed by atoms with Gasteiger partial charge in [0.05, 0.1) is 43.5 Å². The summed E-state index contributed by atoms with van der Waals surface area (Å²) in [6.07, 6.45) is -25.1. The summed E-state index contributed by atoms with van der Waals surface area (Å²) in [6, 6.07) is 0. The van der Waals surface area contributed by atoms with Gasteiger partial charge < -0.3 is 99.5 Å². The van der Waals surface area contributed by atoms with Crippen LogP contribution in [0.1, 0.15) is 101 Å². The van der Waals surface area contributed by atoms with Gasteiger partial charge in [-0.15, -0.1) is 0 Å². The molecule has 22 nitrogen and oxygen atoms in total. The quantitative estimate of drug-likeness (QED) is 0.0470. The Hall–Kier alpha value is -2.30. The van der Waals surface area contributed by atoms with Crippen molar-refractivity contribution in [3.63, 3.8) is 0 Å². The summed E-state index contributed by atoms with van der Waals surface area (Å²) >= 11 is 0. The largest absolute Gasteiger partial charge is 0.479 e. The van der Waals surface area contributed by atoms with Crippen LogP contribution in [0.4, 0.5) is 0 Å². The molecule has 422 valence electrons. The van der Waals surface area contributed by atoms with Crippen molar-refractivity contribution in [2.24, 2.45) is 50.2 Å². The van der Waals surface area contributed by atoms with Crippen molar-refractivity contribution in [2.45, 2.75) is 217 Å². The first-order chi connectivity index (χ1) is 34.5. The third kappa shape index (κ3) is 8.59. The van der Waals surface area contributed by atoms with E-state index in [0.717, 1.165) is 5.57 Å². The number of carboxylic acids is 1. The summed E-state index contributed by atoms with van der Waals surface area (Å²) in [4.78, 5) is 26.0. The van der Waals surface area contributed by atoms with Gasteiger partial charge in [-0.1, -0.05) is 66.2 Å². The second-order valence-corrected chi connectivity index (χ2v) is 24.7. The van der Waals surface area contributed by atoms with Crippen LogP contribution in [0, 0.1) is 50.2 Å². The molecule has 26 atom stereocenters. The van der Waals surface area contributed by atoms with Crippen molar-refractivity contribution in [3.05, 3.63) is 23.3 Å². The first-order valence-electron chi connectivity index (χ1n) is 26.1. The minimum atomic E-state index is -2.11. The number of aliphatic hydroxyl groups excluding tert-OH is 12. The molecular formula is C52H82O22. The minimum absolute atomic E-state index is 0.112. The molecule has 8 aliphatic rings. The van der Waals surface area contributed by atoms with E-state index in [1.54, 1.807) is 19.9 Å². The van der Waals surface area contributed by atoms with Crippen molar-refractivity contribution in [3.8, 4) is 0 Å². The van der Waals surface area contributed by atoms with Gasteiger partial charge >= 0.3 is 11.9 Å². The zero-order valence-corrected chi connectivity index (χ0v) is 43.7. The lowest BCUT2D eigenvalue weighted by Gasteiger charge is -2.73. The van der Waals surface area contributed by atoms with Crippen molar-refractivity contribution in [2.75, 3.05) is 19.8 Å². The number of carbonyl (C=O) groups is 2. The summed E-state index contributed by atoms with van der Waals surface area (Å²) in [6.45, 7) is 15.2. The number of aliphatic hydroxyl groups is 12. The SMILES string of the molecule is C/C=C(/C)C(=O)O[C@H]1[C@H](O)[C@]2(CO)[C@H](O)[C@H](O)[C@]3(C)C(=CC[C@@H]4[C@@]5(C)CC[C@H](O[C@@H]6O[C@H](C(=O)O)[C@@H](O)[C@H](O[C@@H]7O[C@@H](CO)[C@H](O)[C@H]7O)[C@H]6O[C@@H]6O[C@H](CO)[C@@H](O)[C@H](O)[C@H]6O)C(C)(C)[C@@H]5CC[C@]43C)[C@@H]2CC1(C)C. The molecule has 8 rings (SSSR count). The molecule has 0 aromatic rings. The Labute approximate surface area is 430 Å². The third-order valence-corrected chi connectivity index (χ3v) is 20.4. The van der Waals surface area contributed by atoms with Gasteiger partial charge in [-0.05, 0) is 86.4 Å². The number of allylic oxidation sites excluding steroid dienone is 2. The van der Waals surface area contributed by atoms with Gasteiger partial charge in [0.25, 0.3) is 0 Å². The second kappa shape index (κ2) is 20.4. The van der Waals surface area contributed by atoms with Gasteiger partial charge in [0.2, 0.25) is 0 Å². The van der Waals surface area contributed by atoms with E-state index in [1.165, 1.54) is 0 Å². The van der Waals surface area contributed by atoms with Crippen LogP contribution in [0.5, 0.6) is 0 Å². The van der Waals surface area contributed by atoms with E-state index in [0.29, 0.717) is 44.1 Å². The third-order valence-electron chi connectivity index (χ3n) is 20.4. The van der Waals surface area contributed by atoms with Crippen molar-refractivity contribution < 1.29 is 109 Å². The normalized spacial score (nSPS) is 51.9. The molecule has 3 saturated heterocycles. The van der Waals surface area contributed by atoms with Crippen LogP contribution < -0.4 is 0 Å². The van der Waals surface area contributed by atoms with Crippen molar-refractivity contribution >= 4 is 11.9 Å². The highest BCUT2D eigenvalue weighted by molar-refractivity contribution is 5.87. The average molecular weight is 1060 g/mol. The average Bonchev–Trinajstić information content (AvgIpc) is 3.62. The minimum Gasteiger partial charge on any atom is -0.479 e. The molecule has 13 N–H and O–H groups in total. The Morgan fingerprint density at radius 2 is 1.27 bits per heavy atom. The number of aliphatic carboxylic acids is 1. The van der Waals surface area contributed by atoms with Gasteiger partial charge in [0.1, 0.15) is 73.2 Å². The highest BCUT2D eigenvalue weighted by Crippen LogP contribution is 2.76. The van der Waals surface area contributed by atoms with E-state index >= 15 is 0 Å². The summed E-state index contributed by atoms with van der Waals surface area (Å²) in [5.41, 5.74) is -4.30. The van der Waals surface area contributed by atoms with Crippen LogP contribution in [-0.2, 0) is 42.7 Å². The second-order valence-electron chi connectivity index (χ2n) is 24.7. The lowest BCUT2D eigenvalue weighted by Crippen LogP contribution is -2.76. The monoisotopic (exact) mass is 1060 g/mol. The molecule has 22 heteroatoms. The predicted molar refractivity (Wildman–Crippen MR) is 253 cm³/mol. The zero-order valence-electron chi connectivity index (χ0n) is 43.7. The van der Waals surface area contributed by atoms with Gasteiger partial charge in [0, 0.05) is 16.4 Å². The molecule has 7 fully saturated rings. The van der Waals surface area contributed by atoms with Crippen molar-refractivity contribution in [1.82, 2.24) is 0 Å². The van der Waals surface area contributed by atoms with Crippen LogP contribution >= 0.6 is 0 Å². The lowest BCUT2D eigenvalue weighted by molar-refractivity contribution is -0.386. The van der Waals surface area contributed by atoms with Gasteiger partial charge in [-0.25, -0.2) is 9.59 Å². The Bertz CT molecular complexity index is 2130. The number of carbonyl (C=O) groups excluding carboxylic acids is 1. The molecule has 4 saturated carbocycles. The van der Waals surface area contributed by atoms with E-state index in [4.69, 9.17) is 33.2 Å². The van der Waals surface area contributed by atoms with E-state index in [9.17, 15) is 76.0 Å². The lowest BCUT2D eigenvalue weighted by atomic mass is 9.32. The number of ether oxygens (including phenoxy) is 7. The maximum atomic E-state index is 13.2. The molecule has 0 spiro atoms. The molecule has 0 aromatic heterocycles. The summed E-state index contributed by atoms with van der Waals surface area (Å²) < 4.78 is 42.3. The van der Waals surface area contributed by atoms with E-state index < -0.39 is 187 Å². The fourth-order valence-electron chi connectivity index (χ4n) is 15.8. The topological polar surface area (TPSA) is 362 Å². The number of hydrogen-bond acceptors (Lipinski definition) is 21. The van der Waals surface area contributed by atoms with Crippen LogP contribution in [0.15, 0.2) is 23.3 Å². The summed E-state index contributed by atoms with van der Waals surface area (Å²) in [7, 11) is 0. The number of esters is 1. The molecule has 0 radical (unpaired) electrons. The van der Waals surface area contributed by atoms with E-state index in [1.807, 2.05) is 34.6 Å². The van der Waals surface area contributed by atoms with Gasteiger partial charge in [0.15, 0.2) is 25.0 Å². The molecule has 74 heavy (non-hydrogen) atoms. The first-order valence-corrected chi connectivity index (χ1v) is 26.1. The van der Waals surface area contributed by atoms with Crippen LogP contribution in [0.2, 0.25) is 0 Å².